The molecule has 0 fully saturated rings. The van der Waals surface area contributed by atoms with Gasteiger partial charge in [0.25, 0.3) is 0 Å². The van der Waals surface area contributed by atoms with E-state index in [1.165, 1.54) is 12.1 Å². The van der Waals surface area contributed by atoms with Gasteiger partial charge in [0.2, 0.25) is 5.91 Å². The summed E-state index contributed by atoms with van der Waals surface area (Å²) in [6.45, 7) is 4.42. The van der Waals surface area contributed by atoms with Crippen LogP contribution in [0.4, 0.5) is 15.8 Å². The highest BCUT2D eigenvalue weighted by molar-refractivity contribution is 6.31. The number of carbonyl (C=O) groups is 1. The van der Waals surface area contributed by atoms with Crippen LogP contribution in [0.25, 0.3) is 0 Å². The van der Waals surface area contributed by atoms with Gasteiger partial charge in [-0.15, -0.1) is 0 Å². The maximum absolute atomic E-state index is 13.0. The molecule has 2 rings (SSSR count). The van der Waals surface area contributed by atoms with E-state index in [4.69, 9.17) is 11.6 Å². The third-order valence-corrected chi connectivity index (χ3v) is 3.77. The smallest absolute Gasteiger partial charge is 0.226 e. The predicted octanol–water partition coefficient (Wildman–Crippen LogP) is 4.54. The van der Waals surface area contributed by atoms with Crippen molar-refractivity contribution in [2.24, 2.45) is 0 Å². The maximum atomic E-state index is 13.0. The van der Waals surface area contributed by atoms with Gasteiger partial charge in [-0.3, -0.25) is 4.79 Å². The lowest BCUT2D eigenvalue weighted by Crippen LogP contribution is -2.17. The summed E-state index contributed by atoms with van der Waals surface area (Å²) in [5.41, 5.74) is 3.71. The Morgan fingerprint density at radius 1 is 1.23 bits per heavy atom. The van der Waals surface area contributed by atoms with Crippen molar-refractivity contribution in [2.75, 3.05) is 17.2 Å². The van der Waals surface area contributed by atoms with Crippen molar-refractivity contribution in [3.8, 4) is 0 Å². The molecule has 0 saturated carbocycles. The normalized spacial score (nSPS) is 10.4. The van der Waals surface area contributed by atoms with Crippen LogP contribution in [-0.4, -0.2) is 12.5 Å². The third-order valence-electron chi connectivity index (χ3n) is 3.48. The number of amides is 1. The van der Waals surface area contributed by atoms with Crippen molar-refractivity contribution < 1.29 is 9.18 Å². The van der Waals surface area contributed by atoms with Crippen molar-refractivity contribution in [3.05, 3.63) is 58.4 Å². The summed E-state index contributed by atoms with van der Waals surface area (Å²) in [5.74, 6) is -0.533. The fourth-order valence-corrected chi connectivity index (χ4v) is 2.21. The van der Waals surface area contributed by atoms with Crippen LogP contribution in [0.3, 0.4) is 0 Å². The minimum absolute atomic E-state index is 0.0600. The molecule has 3 nitrogen and oxygen atoms in total. The number of hydrogen-bond donors (Lipinski definition) is 2. The summed E-state index contributed by atoms with van der Waals surface area (Å²) in [6, 6.07) is 10.2. The molecule has 22 heavy (non-hydrogen) atoms. The van der Waals surface area contributed by atoms with E-state index in [0.29, 0.717) is 18.7 Å². The van der Waals surface area contributed by atoms with Crippen LogP contribution in [0, 0.1) is 19.7 Å². The number of nitrogens with one attached hydrogen (secondary N) is 2. The molecular formula is C17H18ClFN2O. The van der Waals surface area contributed by atoms with Crippen LogP contribution in [0.5, 0.6) is 0 Å². The summed E-state index contributed by atoms with van der Waals surface area (Å²) in [4.78, 5) is 12.0. The van der Waals surface area contributed by atoms with E-state index in [1.54, 1.807) is 6.07 Å². The average Bonchev–Trinajstić information content (AvgIpc) is 2.48. The van der Waals surface area contributed by atoms with Crippen LogP contribution in [0.15, 0.2) is 36.4 Å². The molecule has 2 aromatic rings. The van der Waals surface area contributed by atoms with Crippen LogP contribution in [0.2, 0.25) is 5.02 Å². The van der Waals surface area contributed by atoms with E-state index in [-0.39, 0.29) is 10.9 Å². The number of aryl methyl sites for hydroxylation is 1. The first-order chi connectivity index (χ1) is 10.5. The molecule has 1 amide bonds. The molecule has 0 aliphatic heterocycles. The van der Waals surface area contributed by atoms with Gasteiger partial charge in [0.1, 0.15) is 5.82 Å². The van der Waals surface area contributed by atoms with Crippen molar-refractivity contribution >= 4 is 28.9 Å². The second-order valence-electron chi connectivity index (χ2n) is 5.10. The zero-order chi connectivity index (χ0) is 16.1. The summed E-state index contributed by atoms with van der Waals surface area (Å²) >= 11 is 5.70. The van der Waals surface area contributed by atoms with Gasteiger partial charge in [-0.2, -0.15) is 0 Å². The Labute approximate surface area is 134 Å². The first-order valence-electron chi connectivity index (χ1n) is 7.02. The topological polar surface area (TPSA) is 41.1 Å². The maximum Gasteiger partial charge on any atom is 0.226 e. The van der Waals surface area contributed by atoms with Crippen molar-refractivity contribution in [1.82, 2.24) is 0 Å². The minimum atomic E-state index is -0.458. The van der Waals surface area contributed by atoms with Crippen LogP contribution in [-0.2, 0) is 4.79 Å². The minimum Gasteiger partial charge on any atom is -0.384 e. The molecule has 2 aromatic carbocycles. The highest BCUT2D eigenvalue weighted by Crippen LogP contribution is 2.20. The lowest BCUT2D eigenvalue weighted by molar-refractivity contribution is -0.115. The molecule has 0 radical (unpaired) electrons. The molecule has 0 heterocycles. The van der Waals surface area contributed by atoms with Gasteiger partial charge in [-0.1, -0.05) is 23.7 Å². The number of rotatable bonds is 5. The van der Waals surface area contributed by atoms with Gasteiger partial charge < -0.3 is 10.6 Å². The molecule has 116 valence electrons. The first kappa shape index (κ1) is 16.3. The molecule has 2 N–H and O–H groups in total. The van der Waals surface area contributed by atoms with E-state index < -0.39 is 5.82 Å². The molecule has 0 saturated heterocycles. The highest BCUT2D eigenvalue weighted by Gasteiger charge is 2.06. The van der Waals surface area contributed by atoms with E-state index in [9.17, 15) is 9.18 Å². The summed E-state index contributed by atoms with van der Waals surface area (Å²) in [5, 5.41) is 6.00. The number of anilines is 2. The Kier molecular flexibility index (Phi) is 5.39. The third kappa shape index (κ3) is 4.21. The summed E-state index contributed by atoms with van der Waals surface area (Å²) in [6.07, 6.45) is 0.308. The predicted molar refractivity (Wildman–Crippen MR) is 89.1 cm³/mol. The standard InChI is InChI=1S/C17H18ClFN2O/c1-11-4-3-5-16(12(11)2)21-17(22)8-9-20-13-6-7-15(19)14(18)10-13/h3-7,10,20H,8-9H2,1-2H3,(H,21,22). The fourth-order valence-electron chi connectivity index (χ4n) is 2.03. The second kappa shape index (κ2) is 7.27. The van der Waals surface area contributed by atoms with Gasteiger partial charge in [0, 0.05) is 24.3 Å². The Bertz CT molecular complexity index is 688. The van der Waals surface area contributed by atoms with Crippen molar-refractivity contribution in [2.45, 2.75) is 20.3 Å². The van der Waals surface area contributed by atoms with E-state index in [2.05, 4.69) is 10.6 Å². The largest absolute Gasteiger partial charge is 0.384 e. The molecule has 0 aliphatic carbocycles. The van der Waals surface area contributed by atoms with Gasteiger partial charge in [0.15, 0.2) is 0 Å². The van der Waals surface area contributed by atoms with Gasteiger partial charge in [0.05, 0.1) is 5.02 Å². The summed E-state index contributed by atoms with van der Waals surface area (Å²) < 4.78 is 13.0. The van der Waals surface area contributed by atoms with E-state index in [1.807, 2.05) is 32.0 Å². The fraction of sp³-hybridized carbons (Fsp3) is 0.235. The molecule has 5 heteroatoms. The van der Waals surface area contributed by atoms with E-state index in [0.717, 1.165) is 16.8 Å². The van der Waals surface area contributed by atoms with Crippen LogP contribution < -0.4 is 10.6 Å². The molecule has 0 aliphatic rings. The molecule has 0 aromatic heterocycles. The molecule has 0 atom stereocenters. The number of carbonyl (C=O) groups excluding carboxylic acids is 1. The Morgan fingerprint density at radius 2 is 2.00 bits per heavy atom. The quantitative estimate of drug-likeness (QED) is 0.849. The van der Waals surface area contributed by atoms with Gasteiger partial charge in [-0.05, 0) is 49.2 Å². The Hall–Kier alpha value is -2.07. The Morgan fingerprint density at radius 3 is 2.73 bits per heavy atom. The Balaban J connectivity index is 1.85. The van der Waals surface area contributed by atoms with Crippen molar-refractivity contribution in [1.29, 1.82) is 0 Å². The number of hydrogen-bond acceptors (Lipinski definition) is 2. The number of halogens is 2. The first-order valence-corrected chi connectivity index (χ1v) is 7.40. The molecule has 0 spiro atoms. The SMILES string of the molecule is Cc1cccc(NC(=O)CCNc2ccc(F)c(Cl)c2)c1C. The zero-order valence-electron chi connectivity index (χ0n) is 12.5. The van der Waals surface area contributed by atoms with Crippen molar-refractivity contribution in [3.63, 3.8) is 0 Å². The average molecular weight is 321 g/mol. The van der Waals surface area contributed by atoms with Crippen LogP contribution in [0.1, 0.15) is 17.5 Å². The second-order valence-corrected chi connectivity index (χ2v) is 5.51. The summed E-state index contributed by atoms with van der Waals surface area (Å²) in [7, 11) is 0. The molecular weight excluding hydrogens is 303 g/mol. The molecule has 0 unspecified atom stereocenters. The van der Waals surface area contributed by atoms with Crippen LogP contribution >= 0.6 is 11.6 Å². The highest BCUT2D eigenvalue weighted by atomic mass is 35.5. The lowest BCUT2D eigenvalue weighted by Gasteiger charge is -2.11. The van der Waals surface area contributed by atoms with Gasteiger partial charge in [-0.25, -0.2) is 4.39 Å². The lowest BCUT2D eigenvalue weighted by atomic mass is 10.1. The van der Waals surface area contributed by atoms with E-state index >= 15 is 0 Å². The van der Waals surface area contributed by atoms with Gasteiger partial charge >= 0.3 is 0 Å². The number of benzene rings is 2. The monoisotopic (exact) mass is 320 g/mol. The zero-order valence-corrected chi connectivity index (χ0v) is 13.3. The molecule has 0 bridgehead atoms.